The summed E-state index contributed by atoms with van der Waals surface area (Å²) in [4.78, 5) is 26.8. The summed E-state index contributed by atoms with van der Waals surface area (Å²) in [5.74, 6) is -0.566. The van der Waals surface area contributed by atoms with Gasteiger partial charge in [0.2, 0.25) is 5.91 Å². The van der Waals surface area contributed by atoms with Crippen molar-refractivity contribution in [1.29, 1.82) is 0 Å². The molecule has 144 valence electrons. The van der Waals surface area contributed by atoms with Crippen LogP contribution in [0.4, 0.5) is 10.1 Å². The Morgan fingerprint density at radius 2 is 1.93 bits per heavy atom. The smallest absolute Gasteiger partial charge is 0.266 e. The van der Waals surface area contributed by atoms with E-state index in [9.17, 15) is 14.0 Å². The summed E-state index contributed by atoms with van der Waals surface area (Å²) in [6.45, 7) is 1.59. The summed E-state index contributed by atoms with van der Waals surface area (Å²) >= 11 is 6.32. The third kappa shape index (κ3) is 4.23. The zero-order valence-corrected chi connectivity index (χ0v) is 16.8. The monoisotopic (exact) mass is 416 g/mol. The fourth-order valence-electron chi connectivity index (χ4n) is 2.59. The van der Waals surface area contributed by atoms with Crippen molar-refractivity contribution in [2.75, 3.05) is 12.4 Å². The molecule has 0 spiro atoms. The van der Waals surface area contributed by atoms with Crippen LogP contribution < -0.4 is 10.1 Å². The number of hydrogen-bond donors (Lipinski definition) is 1. The molecule has 2 amide bonds. The van der Waals surface area contributed by atoms with Gasteiger partial charge in [0.25, 0.3) is 5.91 Å². The Balaban J connectivity index is 1.75. The molecule has 1 fully saturated rings. The number of anilines is 1. The molecule has 1 aliphatic heterocycles. The maximum atomic E-state index is 13.9. The van der Waals surface area contributed by atoms with Gasteiger partial charge in [-0.1, -0.05) is 42.2 Å². The van der Waals surface area contributed by atoms with E-state index in [2.05, 4.69) is 5.32 Å². The third-order valence-electron chi connectivity index (χ3n) is 4.14. The molecule has 8 heteroatoms. The van der Waals surface area contributed by atoms with E-state index in [1.54, 1.807) is 56.5 Å². The third-order valence-corrected chi connectivity index (χ3v) is 5.47. The molecule has 28 heavy (non-hydrogen) atoms. The Labute approximate surface area is 171 Å². The van der Waals surface area contributed by atoms with Gasteiger partial charge in [0.15, 0.2) is 0 Å². The van der Waals surface area contributed by atoms with E-state index in [1.165, 1.54) is 17.0 Å². The number of carbonyl (C=O) groups excluding carboxylic acids is 2. The lowest BCUT2D eigenvalue weighted by Crippen LogP contribution is -2.44. The summed E-state index contributed by atoms with van der Waals surface area (Å²) in [6, 6.07) is 12.2. The fourth-order valence-corrected chi connectivity index (χ4v) is 3.99. The molecule has 0 radical (unpaired) electrons. The first-order chi connectivity index (χ1) is 13.4. The van der Waals surface area contributed by atoms with E-state index in [4.69, 9.17) is 17.0 Å². The zero-order valence-electron chi connectivity index (χ0n) is 15.1. The van der Waals surface area contributed by atoms with Crippen molar-refractivity contribution in [3.63, 3.8) is 0 Å². The summed E-state index contributed by atoms with van der Waals surface area (Å²) in [5, 5.41) is 2.75. The molecule has 1 N–H and O–H groups in total. The maximum absolute atomic E-state index is 13.9. The van der Waals surface area contributed by atoms with Crippen molar-refractivity contribution >= 4 is 51.9 Å². The van der Waals surface area contributed by atoms with Gasteiger partial charge in [0, 0.05) is 11.3 Å². The average molecular weight is 416 g/mol. The molecule has 2 aromatic carbocycles. The van der Waals surface area contributed by atoms with Gasteiger partial charge in [-0.2, -0.15) is 0 Å². The van der Waals surface area contributed by atoms with Crippen LogP contribution in [-0.2, 0) is 9.59 Å². The Kier molecular flexibility index (Phi) is 6.11. The van der Waals surface area contributed by atoms with Gasteiger partial charge in [-0.15, -0.1) is 0 Å². The molecule has 1 unspecified atom stereocenters. The minimum absolute atomic E-state index is 0.255. The predicted molar refractivity (Wildman–Crippen MR) is 112 cm³/mol. The molecule has 1 aliphatic rings. The van der Waals surface area contributed by atoms with Crippen LogP contribution in [0.2, 0.25) is 0 Å². The van der Waals surface area contributed by atoms with Gasteiger partial charge in [-0.25, -0.2) is 4.39 Å². The second kappa shape index (κ2) is 8.53. The standard InChI is InChI=1S/C20H17FN2O3S2/c1-12(18(24)22-14-7-9-15(26-2)10-8-14)23-19(25)17(28-20(23)27)11-13-5-3-4-6-16(13)21/h3-12H,1-2H3,(H,22,24)/b17-11-. The Morgan fingerprint density at radius 1 is 1.25 bits per heavy atom. The molecule has 1 atom stereocenters. The molecule has 3 rings (SSSR count). The summed E-state index contributed by atoms with van der Waals surface area (Å²) < 4.78 is 19.2. The van der Waals surface area contributed by atoms with E-state index in [1.807, 2.05) is 0 Å². The normalized spacial score (nSPS) is 16.4. The highest BCUT2D eigenvalue weighted by atomic mass is 32.2. The second-order valence-electron chi connectivity index (χ2n) is 5.97. The zero-order chi connectivity index (χ0) is 20.3. The first-order valence-corrected chi connectivity index (χ1v) is 9.59. The van der Waals surface area contributed by atoms with Gasteiger partial charge < -0.3 is 10.1 Å². The van der Waals surface area contributed by atoms with Crippen molar-refractivity contribution in [1.82, 2.24) is 4.90 Å². The predicted octanol–water partition coefficient (Wildman–Crippen LogP) is 4.06. The highest BCUT2D eigenvalue weighted by Gasteiger charge is 2.38. The first-order valence-electron chi connectivity index (χ1n) is 8.37. The number of ether oxygens (including phenoxy) is 1. The van der Waals surface area contributed by atoms with E-state index in [0.29, 0.717) is 17.0 Å². The second-order valence-corrected chi connectivity index (χ2v) is 7.64. The molecular formula is C20H17FN2O3S2. The van der Waals surface area contributed by atoms with Crippen molar-refractivity contribution in [3.8, 4) is 5.75 Å². The fraction of sp³-hybridized carbons (Fsp3) is 0.150. The number of amides is 2. The summed E-state index contributed by atoms with van der Waals surface area (Å²) in [6.07, 6.45) is 1.45. The molecule has 0 saturated carbocycles. The van der Waals surface area contributed by atoms with Gasteiger partial charge in [0.05, 0.1) is 12.0 Å². The van der Waals surface area contributed by atoms with Gasteiger partial charge in [-0.3, -0.25) is 14.5 Å². The number of rotatable bonds is 5. The Morgan fingerprint density at radius 3 is 2.57 bits per heavy atom. The number of nitrogens with zero attached hydrogens (tertiary/aromatic N) is 1. The Bertz CT molecular complexity index is 960. The van der Waals surface area contributed by atoms with Crippen molar-refractivity contribution in [3.05, 3.63) is 64.8 Å². The van der Waals surface area contributed by atoms with Crippen LogP contribution in [-0.4, -0.2) is 34.2 Å². The van der Waals surface area contributed by atoms with Crippen LogP contribution >= 0.6 is 24.0 Å². The average Bonchev–Trinajstić information content (AvgIpc) is 2.96. The number of methoxy groups -OCH3 is 1. The summed E-state index contributed by atoms with van der Waals surface area (Å²) in [5.41, 5.74) is 0.864. The Hall–Kier alpha value is -2.71. The molecule has 5 nitrogen and oxygen atoms in total. The van der Waals surface area contributed by atoms with E-state index in [0.717, 1.165) is 11.8 Å². The van der Waals surface area contributed by atoms with E-state index in [-0.39, 0.29) is 15.1 Å². The molecule has 1 heterocycles. The maximum Gasteiger partial charge on any atom is 0.266 e. The van der Waals surface area contributed by atoms with Crippen LogP contribution in [0.3, 0.4) is 0 Å². The topological polar surface area (TPSA) is 58.6 Å². The van der Waals surface area contributed by atoms with Gasteiger partial charge in [-0.05, 0) is 43.3 Å². The molecule has 1 saturated heterocycles. The lowest BCUT2D eigenvalue weighted by atomic mass is 10.2. The van der Waals surface area contributed by atoms with Crippen LogP contribution in [0.5, 0.6) is 5.75 Å². The minimum atomic E-state index is -0.818. The van der Waals surface area contributed by atoms with E-state index < -0.39 is 17.8 Å². The molecule has 0 aliphatic carbocycles. The highest BCUT2D eigenvalue weighted by Crippen LogP contribution is 2.34. The highest BCUT2D eigenvalue weighted by molar-refractivity contribution is 8.26. The van der Waals surface area contributed by atoms with Crippen molar-refractivity contribution in [2.24, 2.45) is 0 Å². The van der Waals surface area contributed by atoms with E-state index >= 15 is 0 Å². The number of thioether (sulfide) groups is 1. The molecule has 0 aromatic heterocycles. The molecule has 2 aromatic rings. The van der Waals surface area contributed by atoms with Crippen molar-refractivity contribution in [2.45, 2.75) is 13.0 Å². The number of hydrogen-bond acceptors (Lipinski definition) is 5. The first kappa shape index (κ1) is 20.0. The largest absolute Gasteiger partial charge is 0.497 e. The van der Waals surface area contributed by atoms with Crippen LogP contribution in [0.15, 0.2) is 53.4 Å². The number of thiocarbonyl (C=S) groups is 1. The number of benzene rings is 2. The minimum Gasteiger partial charge on any atom is -0.497 e. The number of carbonyl (C=O) groups is 2. The number of halogens is 1. The SMILES string of the molecule is COc1ccc(NC(=O)C(C)N2C(=O)/C(=C/c3ccccc3F)SC2=S)cc1. The van der Waals surface area contributed by atoms with Crippen LogP contribution in [0, 0.1) is 5.82 Å². The van der Waals surface area contributed by atoms with Crippen LogP contribution in [0.25, 0.3) is 6.08 Å². The lowest BCUT2D eigenvalue weighted by Gasteiger charge is -2.22. The molecular weight excluding hydrogens is 399 g/mol. The summed E-state index contributed by atoms with van der Waals surface area (Å²) in [7, 11) is 1.56. The lowest BCUT2D eigenvalue weighted by molar-refractivity contribution is -0.129. The quantitative estimate of drug-likeness (QED) is 0.588. The van der Waals surface area contributed by atoms with Crippen LogP contribution in [0.1, 0.15) is 12.5 Å². The van der Waals surface area contributed by atoms with Gasteiger partial charge in [0.1, 0.15) is 21.9 Å². The number of nitrogens with one attached hydrogen (secondary N) is 1. The molecule has 0 bridgehead atoms. The van der Waals surface area contributed by atoms with Crippen molar-refractivity contribution < 1.29 is 18.7 Å². The van der Waals surface area contributed by atoms with Gasteiger partial charge >= 0.3 is 0 Å².